The summed E-state index contributed by atoms with van der Waals surface area (Å²) in [5.74, 6) is -1.52. The number of nitrogens with one attached hydrogen (secondary N) is 1. The topological polar surface area (TPSA) is 121 Å². The second-order valence-electron chi connectivity index (χ2n) is 5.36. The Labute approximate surface area is 157 Å². The molecule has 0 aliphatic heterocycles. The largest absolute Gasteiger partial charge is 0.453 e. The minimum atomic E-state index is -1.14. The Kier molecular flexibility index (Phi) is 5.55. The van der Waals surface area contributed by atoms with Gasteiger partial charge in [-0.15, -0.1) is 0 Å². The summed E-state index contributed by atoms with van der Waals surface area (Å²) >= 11 is 1.10. The summed E-state index contributed by atoms with van der Waals surface area (Å²) in [6, 6.07) is 7.44. The minimum absolute atomic E-state index is 0.0982. The van der Waals surface area contributed by atoms with E-state index in [9.17, 15) is 14.4 Å². The number of thioether (sulfide) groups is 1. The number of hydrogen-bond acceptors (Lipinski definition) is 9. The van der Waals surface area contributed by atoms with Crippen LogP contribution in [0.4, 0.5) is 4.79 Å². The van der Waals surface area contributed by atoms with E-state index in [1.165, 1.54) is 13.3 Å². The predicted molar refractivity (Wildman–Crippen MR) is 96.1 cm³/mol. The van der Waals surface area contributed by atoms with Gasteiger partial charge in [0, 0.05) is 5.39 Å². The summed E-state index contributed by atoms with van der Waals surface area (Å²) in [4.78, 5) is 43.0. The number of nitrogens with zero attached hydrogens (tertiary/aromatic N) is 2. The summed E-state index contributed by atoms with van der Waals surface area (Å²) in [7, 11) is 1.12. The molecule has 9 nitrogen and oxygen atoms in total. The van der Waals surface area contributed by atoms with Crippen LogP contribution < -0.4 is 5.32 Å². The van der Waals surface area contributed by atoms with Gasteiger partial charge in [-0.3, -0.25) is 14.9 Å². The first-order chi connectivity index (χ1) is 13.0. The molecule has 3 rings (SSSR count). The van der Waals surface area contributed by atoms with Crippen LogP contribution in [0.25, 0.3) is 22.1 Å². The molecule has 27 heavy (non-hydrogen) atoms. The number of fused-ring (bicyclic) bond motifs is 3. The average Bonchev–Trinajstić information content (AvgIpc) is 3.05. The standard InChI is InChI=1S/C17H15N3O6S/c1-9(15(22)20-17(23)24-2)25-12(21)7-27-16-14-13(18-8-19-16)10-5-3-4-6-11(10)26-14/h3-6,8-9H,7H2,1-2H3,(H,20,22,23)/t9-/m1/s1. The first-order valence-electron chi connectivity index (χ1n) is 7.83. The molecule has 1 N–H and O–H groups in total. The zero-order valence-electron chi connectivity index (χ0n) is 14.4. The molecule has 0 saturated carbocycles. The molecule has 0 unspecified atom stereocenters. The third kappa shape index (κ3) is 4.17. The third-order valence-corrected chi connectivity index (χ3v) is 4.48. The lowest BCUT2D eigenvalue weighted by Gasteiger charge is -2.12. The highest BCUT2D eigenvalue weighted by atomic mass is 32.2. The monoisotopic (exact) mass is 389 g/mol. The molecule has 0 aliphatic carbocycles. The molecule has 0 saturated heterocycles. The Balaban J connectivity index is 1.65. The van der Waals surface area contributed by atoms with Gasteiger partial charge in [-0.05, 0) is 19.1 Å². The molecule has 1 aromatic carbocycles. The number of amides is 2. The quantitative estimate of drug-likeness (QED) is 0.398. The summed E-state index contributed by atoms with van der Waals surface area (Å²) < 4.78 is 15.1. The lowest BCUT2D eigenvalue weighted by Crippen LogP contribution is -2.39. The number of esters is 1. The van der Waals surface area contributed by atoms with Crippen LogP contribution in [0, 0.1) is 0 Å². The number of methoxy groups -OCH3 is 1. The SMILES string of the molecule is COC(=O)NC(=O)[C@@H](C)OC(=O)CSc1ncnc2c1oc1ccccc12. The molecular weight excluding hydrogens is 374 g/mol. The molecule has 140 valence electrons. The summed E-state index contributed by atoms with van der Waals surface area (Å²) in [5.41, 5.74) is 1.81. The molecule has 0 aliphatic rings. The number of carbonyl (C=O) groups excluding carboxylic acids is 3. The van der Waals surface area contributed by atoms with Gasteiger partial charge in [0.15, 0.2) is 11.7 Å². The number of furan rings is 1. The van der Waals surface area contributed by atoms with Gasteiger partial charge in [-0.25, -0.2) is 14.8 Å². The van der Waals surface area contributed by atoms with Crippen molar-refractivity contribution < 1.29 is 28.3 Å². The molecular formula is C17H15N3O6S. The van der Waals surface area contributed by atoms with Crippen LogP contribution in [-0.2, 0) is 19.1 Å². The lowest BCUT2D eigenvalue weighted by molar-refractivity contribution is -0.152. The number of hydrogen-bond donors (Lipinski definition) is 1. The van der Waals surface area contributed by atoms with Crippen molar-refractivity contribution in [2.75, 3.05) is 12.9 Å². The Bertz CT molecular complexity index is 1020. The van der Waals surface area contributed by atoms with Gasteiger partial charge in [0.05, 0.1) is 12.9 Å². The second kappa shape index (κ2) is 8.04. The van der Waals surface area contributed by atoms with Crippen molar-refractivity contribution in [2.24, 2.45) is 0 Å². The molecule has 2 heterocycles. The maximum Gasteiger partial charge on any atom is 0.413 e. The van der Waals surface area contributed by atoms with Gasteiger partial charge in [0.1, 0.15) is 22.5 Å². The number of carbonyl (C=O) groups is 3. The van der Waals surface area contributed by atoms with E-state index in [0.29, 0.717) is 21.7 Å². The van der Waals surface area contributed by atoms with E-state index in [4.69, 9.17) is 9.15 Å². The van der Waals surface area contributed by atoms with E-state index in [0.717, 1.165) is 24.3 Å². The zero-order chi connectivity index (χ0) is 19.4. The Morgan fingerprint density at radius 3 is 2.81 bits per heavy atom. The van der Waals surface area contributed by atoms with Crippen LogP contribution in [0.5, 0.6) is 0 Å². The molecule has 3 aromatic rings. The Morgan fingerprint density at radius 2 is 2.04 bits per heavy atom. The first-order valence-corrected chi connectivity index (χ1v) is 8.81. The fourth-order valence-corrected chi connectivity index (χ4v) is 2.98. The number of alkyl carbamates (subject to hydrolysis) is 1. The average molecular weight is 389 g/mol. The summed E-state index contributed by atoms with van der Waals surface area (Å²) in [5, 5.41) is 3.27. The number of para-hydroxylation sites is 1. The van der Waals surface area contributed by atoms with Gasteiger partial charge in [-0.1, -0.05) is 23.9 Å². The van der Waals surface area contributed by atoms with Crippen LogP contribution in [0.2, 0.25) is 0 Å². The zero-order valence-corrected chi connectivity index (χ0v) is 15.2. The summed E-state index contributed by atoms with van der Waals surface area (Å²) in [6.07, 6.45) is -0.677. The van der Waals surface area contributed by atoms with Crippen LogP contribution in [0.15, 0.2) is 40.0 Å². The Hall–Kier alpha value is -3.14. The highest BCUT2D eigenvalue weighted by molar-refractivity contribution is 8.00. The van der Waals surface area contributed by atoms with Crippen molar-refractivity contribution in [1.82, 2.24) is 15.3 Å². The maximum absolute atomic E-state index is 12.0. The van der Waals surface area contributed by atoms with Gasteiger partial charge >= 0.3 is 12.1 Å². The molecule has 2 amide bonds. The van der Waals surface area contributed by atoms with E-state index in [1.807, 2.05) is 29.6 Å². The number of ether oxygens (including phenoxy) is 2. The van der Waals surface area contributed by atoms with Crippen LogP contribution in [-0.4, -0.2) is 46.9 Å². The molecule has 0 spiro atoms. The van der Waals surface area contributed by atoms with Crippen LogP contribution in [0.1, 0.15) is 6.92 Å². The van der Waals surface area contributed by atoms with Crippen molar-refractivity contribution in [1.29, 1.82) is 0 Å². The van der Waals surface area contributed by atoms with Crippen LogP contribution >= 0.6 is 11.8 Å². The number of rotatable bonds is 5. The number of imide groups is 1. The van der Waals surface area contributed by atoms with Gasteiger partial charge < -0.3 is 13.9 Å². The lowest BCUT2D eigenvalue weighted by atomic mass is 10.2. The molecule has 10 heteroatoms. The van der Waals surface area contributed by atoms with Crippen molar-refractivity contribution >= 4 is 51.8 Å². The van der Waals surface area contributed by atoms with Crippen molar-refractivity contribution in [3.63, 3.8) is 0 Å². The van der Waals surface area contributed by atoms with E-state index >= 15 is 0 Å². The van der Waals surface area contributed by atoms with Crippen LogP contribution in [0.3, 0.4) is 0 Å². The first kappa shape index (κ1) is 18.6. The Morgan fingerprint density at radius 1 is 1.26 bits per heavy atom. The maximum atomic E-state index is 12.0. The minimum Gasteiger partial charge on any atom is -0.453 e. The van der Waals surface area contributed by atoms with Gasteiger partial charge in [0.25, 0.3) is 5.91 Å². The third-order valence-electron chi connectivity index (χ3n) is 3.54. The highest BCUT2D eigenvalue weighted by Gasteiger charge is 2.21. The van der Waals surface area contributed by atoms with E-state index < -0.39 is 24.1 Å². The van der Waals surface area contributed by atoms with Crippen molar-refractivity contribution in [2.45, 2.75) is 18.1 Å². The van der Waals surface area contributed by atoms with Gasteiger partial charge in [0.2, 0.25) is 0 Å². The number of aromatic nitrogens is 2. The second-order valence-corrected chi connectivity index (χ2v) is 6.32. The van der Waals surface area contributed by atoms with Crippen molar-refractivity contribution in [3.8, 4) is 0 Å². The summed E-state index contributed by atoms with van der Waals surface area (Å²) in [6.45, 7) is 1.35. The van der Waals surface area contributed by atoms with E-state index in [1.54, 1.807) is 0 Å². The normalized spacial score (nSPS) is 11.9. The fraction of sp³-hybridized carbons (Fsp3) is 0.235. The van der Waals surface area contributed by atoms with Gasteiger partial charge in [-0.2, -0.15) is 0 Å². The molecule has 0 fully saturated rings. The smallest absolute Gasteiger partial charge is 0.413 e. The molecule has 2 aromatic heterocycles. The number of benzene rings is 1. The molecule has 0 bridgehead atoms. The van der Waals surface area contributed by atoms with E-state index in [2.05, 4.69) is 14.7 Å². The fourth-order valence-electron chi connectivity index (χ4n) is 2.27. The van der Waals surface area contributed by atoms with E-state index in [-0.39, 0.29) is 5.75 Å². The predicted octanol–water partition coefficient (Wildman–Crippen LogP) is 2.28. The van der Waals surface area contributed by atoms with Crippen molar-refractivity contribution in [3.05, 3.63) is 30.6 Å². The molecule has 1 atom stereocenters. The molecule has 0 radical (unpaired) electrons. The highest BCUT2D eigenvalue weighted by Crippen LogP contribution is 2.32.